The second-order valence-corrected chi connectivity index (χ2v) is 10.0. The Kier molecular flexibility index (Phi) is 6.03. The molecule has 0 unspecified atom stereocenters. The third-order valence-electron chi connectivity index (χ3n) is 5.20. The van der Waals surface area contributed by atoms with Crippen molar-refractivity contribution in [3.8, 4) is 0 Å². The molecule has 5 nitrogen and oxygen atoms in total. The Labute approximate surface area is 196 Å². The number of amides is 1. The minimum Gasteiger partial charge on any atom is -0.461 e. The fraction of sp³-hybridized carbons (Fsp3) is 0.125. The number of carbonyl (C=O) groups excluding carboxylic acids is 1. The predicted molar refractivity (Wildman–Crippen MR) is 126 cm³/mol. The lowest BCUT2D eigenvalue weighted by Crippen LogP contribution is -2.30. The lowest BCUT2D eigenvalue weighted by Gasteiger charge is -2.08. The van der Waals surface area contributed by atoms with E-state index in [1.54, 1.807) is 36.4 Å². The maximum Gasteiger partial charge on any atom is 0.265 e. The standard InChI is InChI=1S/C24H19Cl2NO4S/c1-14-3-8-19(9-4-14)32(29,30)27-24(28)17-6-10-23-21(12-17)20(15(2)31-23)11-16-5-7-18(25)13-22(16)26/h3-10,12-13H,11H2,1-2H3,(H,27,28). The molecule has 0 bridgehead atoms. The number of furan rings is 1. The highest BCUT2D eigenvalue weighted by Crippen LogP contribution is 2.31. The van der Waals surface area contributed by atoms with E-state index in [2.05, 4.69) is 4.72 Å². The zero-order valence-electron chi connectivity index (χ0n) is 17.3. The van der Waals surface area contributed by atoms with Gasteiger partial charge in [-0.05, 0) is 61.9 Å². The average molecular weight is 488 g/mol. The Morgan fingerprint density at radius 3 is 2.38 bits per heavy atom. The van der Waals surface area contributed by atoms with Gasteiger partial charge >= 0.3 is 0 Å². The molecule has 1 amide bonds. The monoisotopic (exact) mass is 487 g/mol. The summed E-state index contributed by atoms with van der Waals surface area (Å²) < 4.78 is 33.1. The predicted octanol–water partition coefficient (Wildman–Crippen LogP) is 6.07. The third kappa shape index (κ3) is 4.53. The van der Waals surface area contributed by atoms with Gasteiger partial charge in [-0.25, -0.2) is 13.1 Å². The molecule has 3 aromatic carbocycles. The highest BCUT2D eigenvalue weighted by atomic mass is 35.5. The topological polar surface area (TPSA) is 76.4 Å². The lowest BCUT2D eigenvalue weighted by molar-refractivity contribution is 0.0981. The van der Waals surface area contributed by atoms with Gasteiger partial charge in [-0.1, -0.05) is 47.0 Å². The van der Waals surface area contributed by atoms with Gasteiger partial charge in [0.05, 0.1) is 4.90 Å². The summed E-state index contributed by atoms with van der Waals surface area (Å²) in [6, 6.07) is 16.4. The third-order valence-corrected chi connectivity index (χ3v) is 7.13. The number of fused-ring (bicyclic) bond motifs is 1. The number of nitrogens with one attached hydrogen (secondary N) is 1. The SMILES string of the molecule is Cc1ccc(S(=O)(=O)NC(=O)c2ccc3oc(C)c(Cc4ccc(Cl)cc4Cl)c3c2)cc1. The average Bonchev–Trinajstić information content (AvgIpc) is 3.04. The van der Waals surface area contributed by atoms with Crippen LogP contribution in [0.3, 0.4) is 0 Å². The van der Waals surface area contributed by atoms with Crippen LogP contribution < -0.4 is 4.72 Å². The molecule has 0 aliphatic rings. The number of sulfonamides is 1. The van der Waals surface area contributed by atoms with Crippen LogP contribution in [0.25, 0.3) is 11.0 Å². The minimum atomic E-state index is -3.99. The van der Waals surface area contributed by atoms with Crippen molar-refractivity contribution in [2.24, 2.45) is 0 Å². The number of benzene rings is 3. The smallest absolute Gasteiger partial charge is 0.265 e. The molecule has 0 fully saturated rings. The Bertz CT molecular complexity index is 1440. The molecule has 1 heterocycles. The molecule has 0 atom stereocenters. The molecule has 8 heteroatoms. The summed E-state index contributed by atoms with van der Waals surface area (Å²) in [6.45, 7) is 3.69. The number of halogens is 2. The second kappa shape index (κ2) is 8.62. The summed E-state index contributed by atoms with van der Waals surface area (Å²) in [5.74, 6) is -0.0299. The number of rotatable bonds is 5. The first-order valence-electron chi connectivity index (χ1n) is 9.74. The van der Waals surface area contributed by atoms with Crippen LogP contribution in [0.4, 0.5) is 0 Å². The first-order chi connectivity index (χ1) is 15.1. The Morgan fingerprint density at radius 2 is 1.69 bits per heavy atom. The molecule has 4 aromatic rings. The number of hydrogen-bond donors (Lipinski definition) is 1. The van der Waals surface area contributed by atoms with Crippen molar-refractivity contribution in [2.45, 2.75) is 25.2 Å². The van der Waals surface area contributed by atoms with Crippen molar-refractivity contribution in [3.05, 3.63) is 98.7 Å². The zero-order valence-corrected chi connectivity index (χ0v) is 19.6. The molecule has 0 spiro atoms. The maximum atomic E-state index is 12.8. The van der Waals surface area contributed by atoms with Crippen LogP contribution in [-0.4, -0.2) is 14.3 Å². The second-order valence-electron chi connectivity index (χ2n) is 7.51. The van der Waals surface area contributed by atoms with Crippen molar-refractivity contribution in [2.75, 3.05) is 0 Å². The summed E-state index contributed by atoms with van der Waals surface area (Å²) in [4.78, 5) is 12.8. The normalized spacial score (nSPS) is 11.6. The van der Waals surface area contributed by atoms with Crippen LogP contribution in [0.15, 0.2) is 70.0 Å². The quantitative estimate of drug-likeness (QED) is 0.370. The first kappa shape index (κ1) is 22.4. The van der Waals surface area contributed by atoms with Crippen LogP contribution in [0.2, 0.25) is 10.0 Å². The molecule has 32 heavy (non-hydrogen) atoms. The highest BCUT2D eigenvalue weighted by Gasteiger charge is 2.20. The van der Waals surface area contributed by atoms with E-state index in [9.17, 15) is 13.2 Å². The van der Waals surface area contributed by atoms with Gasteiger partial charge < -0.3 is 4.42 Å². The molecule has 164 valence electrons. The molecule has 1 N–H and O–H groups in total. The van der Waals surface area contributed by atoms with Crippen molar-refractivity contribution in [1.82, 2.24) is 4.72 Å². The molecule has 0 aliphatic heterocycles. The molecule has 1 aromatic heterocycles. The van der Waals surface area contributed by atoms with Crippen molar-refractivity contribution >= 4 is 50.1 Å². The lowest BCUT2D eigenvalue weighted by atomic mass is 10.0. The first-order valence-corrected chi connectivity index (χ1v) is 12.0. The van der Waals surface area contributed by atoms with E-state index in [0.29, 0.717) is 33.2 Å². The number of hydrogen-bond acceptors (Lipinski definition) is 4. The van der Waals surface area contributed by atoms with Gasteiger partial charge in [0.15, 0.2) is 0 Å². The minimum absolute atomic E-state index is 0.0229. The van der Waals surface area contributed by atoms with E-state index in [-0.39, 0.29) is 10.5 Å². The summed E-state index contributed by atoms with van der Waals surface area (Å²) in [6.07, 6.45) is 0.474. The highest BCUT2D eigenvalue weighted by molar-refractivity contribution is 7.90. The maximum absolute atomic E-state index is 12.8. The van der Waals surface area contributed by atoms with Crippen LogP contribution in [0, 0.1) is 13.8 Å². The summed E-state index contributed by atoms with van der Waals surface area (Å²) >= 11 is 12.3. The van der Waals surface area contributed by atoms with Gasteiger partial charge in [0, 0.05) is 33.0 Å². The van der Waals surface area contributed by atoms with Crippen LogP contribution in [0.1, 0.15) is 32.8 Å². The Hall–Kier alpha value is -2.80. The van der Waals surface area contributed by atoms with Crippen molar-refractivity contribution in [3.63, 3.8) is 0 Å². The van der Waals surface area contributed by atoms with Crippen LogP contribution in [-0.2, 0) is 16.4 Å². The molecule has 4 rings (SSSR count). The van der Waals surface area contributed by atoms with Gasteiger partial charge in [-0.2, -0.15) is 0 Å². The Morgan fingerprint density at radius 1 is 0.969 bits per heavy atom. The van der Waals surface area contributed by atoms with Gasteiger partial charge in [-0.3, -0.25) is 4.79 Å². The van der Waals surface area contributed by atoms with E-state index in [4.69, 9.17) is 27.6 Å². The number of aryl methyl sites for hydroxylation is 2. The fourth-order valence-electron chi connectivity index (χ4n) is 3.44. The molecule has 0 aliphatic carbocycles. The molecular formula is C24H19Cl2NO4S. The van der Waals surface area contributed by atoms with Crippen LogP contribution >= 0.6 is 23.2 Å². The van der Waals surface area contributed by atoms with Gasteiger partial charge in [-0.15, -0.1) is 0 Å². The summed E-state index contributed by atoms with van der Waals surface area (Å²) in [7, 11) is -3.99. The van der Waals surface area contributed by atoms with Gasteiger partial charge in [0.1, 0.15) is 11.3 Å². The zero-order chi connectivity index (χ0) is 23.0. The van der Waals surface area contributed by atoms with E-state index >= 15 is 0 Å². The van der Waals surface area contributed by atoms with Crippen molar-refractivity contribution in [1.29, 1.82) is 0 Å². The van der Waals surface area contributed by atoms with E-state index in [1.165, 1.54) is 18.2 Å². The Balaban J connectivity index is 1.66. The molecule has 0 saturated carbocycles. The van der Waals surface area contributed by atoms with Gasteiger partial charge in [0.2, 0.25) is 0 Å². The van der Waals surface area contributed by atoms with Crippen molar-refractivity contribution < 1.29 is 17.6 Å². The molecule has 0 radical (unpaired) electrons. The largest absolute Gasteiger partial charge is 0.461 e. The number of carbonyl (C=O) groups is 1. The van der Waals surface area contributed by atoms with Gasteiger partial charge in [0.25, 0.3) is 15.9 Å². The van der Waals surface area contributed by atoms with E-state index < -0.39 is 15.9 Å². The fourth-order valence-corrected chi connectivity index (χ4v) is 4.89. The van der Waals surface area contributed by atoms with E-state index in [0.717, 1.165) is 16.7 Å². The summed E-state index contributed by atoms with van der Waals surface area (Å²) in [5.41, 5.74) is 3.45. The summed E-state index contributed by atoms with van der Waals surface area (Å²) in [5, 5.41) is 1.79. The molecular weight excluding hydrogens is 469 g/mol. The molecule has 0 saturated heterocycles. The van der Waals surface area contributed by atoms with E-state index in [1.807, 2.05) is 19.9 Å². The van der Waals surface area contributed by atoms with Crippen LogP contribution in [0.5, 0.6) is 0 Å².